The fourth-order valence-corrected chi connectivity index (χ4v) is 2.54. The maximum Gasteiger partial charge on any atom is 0.258 e. The molecule has 6 heteroatoms. The minimum absolute atomic E-state index is 0.0572. The lowest BCUT2D eigenvalue weighted by atomic mass is 10.2. The lowest BCUT2D eigenvalue weighted by Gasteiger charge is -2.15. The molecule has 1 heterocycles. The normalized spacial score (nSPS) is 12.1. The van der Waals surface area contributed by atoms with Crippen molar-refractivity contribution < 1.29 is 9.53 Å². The summed E-state index contributed by atoms with van der Waals surface area (Å²) in [6.07, 6.45) is 0.729. The van der Waals surface area contributed by atoms with Gasteiger partial charge in [0.2, 0.25) is 0 Å². The highest BCUT2D eigenvalue weighted by Crippen LogP contribution is 2.18. The Labute approximate surface area is 145 Å². The zero-order valence-corrected chi connectivity index (χ0v) is 14.0. The number of para-hydroxylation sites is 2. The Balaban J connectivity index is 1.61. The van der Waals surface area contributed by atoms with E-state index in [1.807, 2.05) is 31.2 Å². The first-order valence-electron chi connectivity index (χ1n) is 7.78. The molecule has 0 bridgehead atoms. The van der Waals surface area contributed by atoms with Crippen molar-refractivity contribution in [3.8, 4) is 5.75 Å². The molecule has 2 N–H and O–H groups in total. The summed E-state index contributed by atoms with van der Waals surface area (Å²) in [5.74, 6) is 1.15. The van der Waals surface area contributed by atoms with Crippen molar-refractivity contribution in [3.63, 3.8) is 0 Å². The van der Waals surface area contributed by atoms with Gasteiger partial charge in [0.25, 0.3) is 5.91 Å². The monoisotopic (exact) mass is 343 g/mol. The number of nitrogens with one attached hydrogen (secondary N) is 2. The maximum atomic E-state index is 12.1. The van der Waals surface area contributed by atoms with Crippen LogP contribution in [0.1, 0.15) is 25.2 Å². The topological polar surface area (TPSA) is 67.0 Å². The van der Waals surface area contributed by atoms with E-state index in [4.69, 9.17) is 16.3 Å². The van der Waals surface area contributed by atoms with Gasteiger partial charge in [0.15, 0.2) is 6.61 Å². The molecule has 0 aliphatic heterocycles. The molecular weight excluding hydrogens is 326 g/mol. The zero-order chi connectivity index (χ0) is 16.9. The number of H-pyrrole nitrogens is 1. The van der Waals surface area contributed by atoms with Crippen LogP contribution in [0.4, 0.5) is 0 Å². The van der Waals surface area contributed by atoms with Gasteiger partial charge in [-0.25, -0.2) is 4.98 Å². The molecule has 1 atom stereocenters. The number of nitrogens with zero attached hydrogens (tertiary/aromatic N) is 1. The number of aromatic nitrogens is 2. The second-order valence-electron chi connectivity index (χ2n) is 5.41. The van der Waals surface area contributed by atoms with Crippen molar-refractivity contribution >= 4 is 28.5 Å². The Morgan fingerprint density at radius 3 is 2.71 bits per heavy atom. The van der Waals surface area contributed by atoms with E-state index in [0.717, 1.165) is 23.3 Å². The van der Waals surface area contributed by atoms with E-state index < -0.39 is 0 Å². The molecule has 1 aromatic heterocycles. The smallest absolute Gasteiger partial charge is 0.258 e. The highest BCUT2D eigenvalue weighted by atomic mass is 35.5. The van der Waals surface area contributed by atoms with Crippen LogP contribution < -0.4 is 10.1 Å². The van der Waals surface area contributed by atoms with Crippen LogP contribution in [-0.4, -0.2) is 22.5 Å². The highest BCUT2D eigenvalue weighted by molar-refractivity contribution is 6.30. The highest BCUT2D eigenvalue weighted by Gasteiger charge is 2.16. The second-order valence-corrected chi connectivity index (χ2v) is 5.85. The van der Waals surface area contributed by atoms with Gasteiger partial charge in [-0.2, -0.15) is 0 Å². The molecular formula is C18H18ClN3O2. The Hall–Kier alpha value is -2.53. The number of benzene rings is 2. The van der Waals surface area contributed by atoms with Crippen molar-refractivity contribution in [2.75, 3.05) is 6.61 Å². The summed E-state index contributed by atoms with van der Waals surface area (Å²) >= 11 is 5.82. The van der Waals surface area contributed by atoms with Crippen LogP contribution in [-0.2, 0) is 4.79 Å². The number of halogens is 1. The van der Waals surface area contributed by atoms with Crippen molar-refractivity contribution in [1.29, 1.82) is 0 Å². The zero-order valence-electron chi connectivity index (χ0n) is 13.3. The minimum Gasteiger partial charge on any atom is -0.484 e. The van der Waals surface area contributed by atoms with E-state index in [-0.39, 0.29) is 18.6 Å². The average Bonchev–Trinajstić information content (AvgIpc) is 3.03. The summed E-state index contributed by atoms with van der Waals surface area (Å²) in [4.78, 5) is 19.9. The first-order chi connectivity index (χ1) is 11.7. The van der Waals surface area contributed by atoms with E-state index in [2.05, 4.69) is 15.3 Å². The molecule has 0 aliphatic carbocycles. The van der Waals surface area contributed by atoms with E-state index >= 15 is 0 Å². The number of fused-ring (bicyclic) bond motifs is 1. The molecule has 24 heavy (non-hydrogen) atoms. The molecule has 0 fully saturated rings. The quantitative estimate of drug-likeness (QED) is 0.714. The number of aromatic amines is 1. The van der Waals surface area contributed by atoms with Crippen LogP contribution in [0, 0.1) is 0 Å². The molecule has 124 valence electrons. The molecule has 1 unspecified atom stereocenters. The lowest BCUT2D eigenvalue weighted by Crippen LogP contribution is -2.32. The van der Waals surface area contributed by atoms with Gasteiger partial charge >= 0.3 is 0 Å². The van der Waals surface area contributed by atoms with Crippen LogP contribution >= 0.6 is 11.6 Å². The molecule has 3 aromatic rings. The summed E-state index contributed by atoms with van der Waals surface area (Å²) in [7, 11) is 0. The number of ether oxygens (including phenoxy) is 1. The van der Waals surface area contributed by atoms with Crippen LogP contribution in [0.15, 0.2) is 48.5 Å². The molecule has 0 saturated heterocycles. The Bertz CT molecular complexity index is 797. The number of hydrogen-bond acceptors (Lipinski definition) is 3. The number of hydrogen-bond donors (Lipinski definition) is 2. The molecule has 0 radical (unpaired) electrons. The van der Waals surface area contributed by atoms with Crippen LogP contribution in [0.2, 0.25) is 5.02 Å². The molecule has 1 amide bonds. The Morgan fingerprint density at radius 2 is 2.00 bits per heavy atom. The number of carbonyl (C=O) groups excluding carboxylic acids is 1. The summed E-state index contributed by atoms with van der Waals surface area (Å²) in [6, 6.07) is 14.5. The lowest BCUT2D eigenvalue weighted by molar-refractivity contribution is -0.123. The number of amides is 1. The van der Waals surface area contributed by atoms with Gasteiger partial charge in [-0.15, -0.1) is 0 Å². The third kappa shape index (κ3) is 3.86. The van der Waals surface area contributed by atoms with Gasteiger partial charge in [-0.1, -0.05) is 30.7 Å². The predicted molar refractivity (Wildman–Crippen MR) is 94.2 cm³/mol. The molecule has 3 rings (SSSR count). The summed E-state index contributed by atoms with van der Waals surface area (Å²) < 4.78 is 5.46. The third-order valence-electron chi connectivity index (χ3n) is 3.66. The number of imidazole rings is 1. The SMILES string of the molecule is CCC(NC(=O)COc1ccc(Cl)cc1)c1nc2ccccc2[nH]1. The third-order valence-corrected chi connectivity index (χ3v) is 3.92. The second kappa shape index (κ2) is 7.36. The first kappa shape index (κ1) is 16.3. The summed E-state index contributed by atoms with van der Waals surface area (Å²) in [5.41, 5.74) is 1.84. The molecule has 0 saturated carbocycles. The van der Waals surface area contributed by atoms with E-state index in [1.165, 1.54) is 0 Å². The van der Waals surface area contributed by atoms with Crippen molar-refractivity contribution in [2.45, 2.75) is 19.4 Å². The minimum atomic E-state index is -0.197. The molecule has 0 spiro atoms. The van der Waals surface area contributed by atoms with Crippen molar-refractivity contribution in [3.05, 3.63) is 59.4 Å². The predicted octanol–water partition coefficient (Wildman–Crippen LogP) is 3.86. The molecule has 2 aromatic carbocycles. The van der Waals surface area contributed by atoms with Crippen LogP contribution in [0.3, 0.4) is 0 Å². The fraction of sp³-hybridized carbons (Fsp3) is 0.222. The maximum absolute atomic E-state index is 12.1. The van der Waals surface area contributed by atoms with Crippen molar-refractivity contribution in [1.82, 2.24) is 15.3 Å². The average molecular weight is 344 g/mol. The van der Waals surface area contributed by atoms with Gasteiger partial charge in [0, 0.05) is 5.02 Å². The van der Waals surface area contributed by atoms with Gasteiger partial charge in [-0.3, -0.25) is 4.79 Å². The molecule has 5 nitrogen and oxygen atoms in total. The standard InChI is InChI=1S/C18H18ClN3O2/c1-2-14(18-21-15-5-3-4-6-16(15)22-18)20-17(23)11-24-13-9-7-12(19)8-10-13/h3-10,14H,2,11H2,1H3,(H,20,23)(H,21,22). The van der Waals surface area contributed by atoms with Crippen LogP contribution in [0.5, 0.6) is 5.75 Å². The largest absolute Gasteiger partial charge is 0.484 e. The van der Waals surface area contributed by atoms with Gasteiger partial charge in [0.1, 0.15) is 11.6 Å². The van der Waals surface area contributed by atoms with Crippen LogP contribution in [0.25, 0.3) is 11.0 Å². The molecule has 0 aliphatic rings. The number of carbonyl (C=O) groups is 1. The number of rotatable bonds is 6. The van der Waals surface area contributed by atoms with E-state index in [9.17, 15) is 4.79 Å². The van der Waals surface area contributed by atoms with Gasteiger partial charge in [-0.05, 0) is 42.8 Å². The Morgan fingerprint density at radius 1 is 1.25 bits per heavy atom. The van der Waals surface area contributed by atoms with E-state index in [0.29, 0.717) is 10.8 Å². The first-order valence-corrected chi connectivity index (χ1v) is 8.16. The summed E-state index contributed by atoms with van der Waals surface area (Å²) in [5, 5.41) is 3.57. The van der Waals surface area contributed by atoms with E-state index in [1.54, 1.807) is 24.3 Å². The van der Waals surface area contributed by atoms with Gasteiger partial charge in [0.05, 0.1) is 17.1 Å². The van der Waals surface area contributed by atoms with Gasteiger partial charge < -0.3 is 15.0 Å². The van der Waals surface area contributed by atoms with Crippen molar-refractivity contribution in [2.24, 2.45) is 0 Å². The fourth-order valence-electron chi connectivity index (χ4n) is 2.42. The summed E-state index contributed by atoms with van der Waals surface area (Å²) in [6.45, 7) is 1.94. The Kier molecular flexibility index (Phi) is 5.01.